The number of nitro groups is 1. The summed E-state index contributed by atoms with van der Waals surface area (Å²) in [7, 11) is -4.19. The SMILES string of the molecule is C[C@H]1Oc2ccc(NS(=O)(=O)c3ccccc3[N+](=O)[O-])cc2NC1=O. The van der Waals surface area contributed by atoms with E-state index >= 15 is 0 Å². The van der Waals surface area contributed by atoms with Crippen molar-refractivity contribution in [2.24, 2.45) is 0 Å². The Hall–Kier alpha value is -3.14. The highest BCUT2D eigenvalue weighted by Crippen LogP contribution is 2.33. The lowest BCUT2D eigenvalue weighted by Crippen LogP contribution is -2.34. The van der Waals surface area contributed by atoms with E-state index in [-0.39, 0.29) is 11.6 Å². The van der Waals surface area contributed by atoms with Crippen LogP contribution in [0.5, 0.6) is 5.75 Å². The zero-order chi connectivity index (χ0) is 18.2. The molecule has 2 N–H and O–H groups in total. The van der Waals surface area contributed by atoms with Gasteiger partial charge in [0.25, 0.3) is 21.6 Å². The summed E-state index contributed by atoms with van der Waals surface area (Å²) in [6, 6.07) is 9.35. The number of carbonyl (C=O) groups is 1. The number of hydrogen-bond acceptors (Lipinski definition) is 6. The van der Waals surface area contributed by atoms with Gasteiger partial charge in [0, 0.05) is 6.07 Å². The van der Waals surface area contributed by atoms with Gasteiger partial charge in [-0.1, -0.05) is 12.1 Å². The first-order valence-electron chi connectivity index (χ1n) is 7.16. The molecule has 0 spiro atoms. The number of sulfonamides is 1. The number of fused-ring (bicyclic) bond motifs is 1. The van der Waals surface area contributed by atoms with Gasteiger partial charge in [-0.2, -0.15) is 0 Å². The first kappa shape index (κ1) is 16.7. The van der Waals surface area contributed by atoms with E-state index in [0.29, 0.717) is 11.4 Å². The molecule has 0 aliphatic carbocycles. The van der Waals surface area contributed by atoms with Crippen molar-refractivity contribution < 1.29 is 22.9 Å². The number of hydrogen-bond donors (Lipinski definition) is 2. The van der Waals surface area contributed by atoms with E-state index in [1.165, 1.54) is 30.3 Å². The third-order valence-electron chi connectivity index (χ3n) is 3.51. The molecule has 0 radical (unpaired) electrons. The highest BCUT2D eigenvalue weighted by atomic mass is 32.2. The summed E-state index contributed by atoms with van der Waals surface area (Å²) < 4.78 is 32.6. The number of rotatable bonds is 4. The summed E-state index contributed by atoms with van der Waals surface area (Å²) in [5.41, 5.74) is -0.0837. The topological polar surface area (TPSA) is 128 Å². The fraction of sp³-hybridized carbons (Fsp3) is 0.133. The third-order valence-corrected chi connectivity index (χ3v) is 4.94. The molecule has 9 nitrogen and oxygen atoms in total. The Bertz CT molecular complexity index is 973. The van der Waals surface area contributed by atoms with Crippen LogP contribution in [0.4, 0.5) is 17.1 Å². The molecule has 1 heterocycles. The van der Waals surface area contributed by atoms with Crippen LogP contribution < -0.4 is 14.8 Å². The van der Waals surface area contributed by atoms with Crippen molar-refractivity contribution in [3.63, 3.8) is 0 Å². The molecule has 0 saturated carbocycles. The van der Waals surface area contributed by atoms with Crippen LogP contribution in [0.3, 0.4) is 0 Å². The Morgan fingerprint density at radius 2 is 1.96 bits per heavy atom. The number of nitrogens with one attached hydrogen (secondary N) is 2. The van der Waals surface area contributed by atoms with Crippen molar-refractivity contribution in [2.45, 2.75) is 17.9 Å². The molecule has 2 aromatic carbocycles. The number of nitro benzene ring substituents is 1. The highest BCUT2D eigenvalue weighted by molar-refractivity contribution is 7.92. The molecule has 1 aliphatic rings. The second kappa shape index (κ2) is 6.06. The van der Waals surface area contributed by atoms with Gasteiger partial charge < -0.3 is 10.1 Å². The maximum Gasteiger partial charge on any atom is 0.289 e. The zero-order valence-electron chi connectivity index (χ0n) is 12.9. The smallest absolute Gasteiger partial charge is 0.289 e. The average molecular weight is 363 g/mol. The summed E-state index contributed by atoms with van der Waals surface area (Å²) in [6.07, 6.45) is -0.651. The van der Waals surface area contributed by atoms with Gasteiger partial charge in [0.2, 0.25) is 0 Å². The van der Waals surface area contributed by atoms with Crippen molar-refractivity contribution in [1.82, 2.24) is 0 Å². The van der Waals surface area contributed by atoms with Crippen LogP contribution >= 0.6 is 0 Å². The van der Waals surface area contributed by atoms with E-state index in [1.807, 2.05) is 0 Å². The molecule has 10 heteroatoms. The van der Waals surface area contributed by atoms with Gasteiger partial charge in [-0.3, -0.25) is 19.6 Å². The van der Waals surface area contributed by atoms with Crippen molar-refractivity contribution in [3.8, 4) is 5.75 Å². The van der Waals surface area contributed by atoms with Gasteiger partial charge in [0.15, 0.2) is 11.0 Å². The summed E-state index contributed by atoms with van der Waals surface area (Å²) in [5, 5.41) is 13.6. The lowest BCUT2D eigenvalue weighted by atomic mass is 10.2. The Morgan fingerprint density at radius 1 is 1.24 bits per heavy atom. The fourth-order valence-electron chi connectivity index (χ4n) is 2.32. The lowest BCUT2D eigenvalue weighted by molar-refractivity contribution is -0.387. The summed E-state index contributed by atoms with van der Waals surface area (Å²) in [6.45, 7) is 1.59. The quantitative estimate of drug-likeness (QED) is 0.632. The van der Waals surface area contributed by atoms with Crippen molar-refractivity contribution in [1.29, 1.82) is 0 Å². The Kier molecular flexibility index (Phi) is 4.05. The number of para-hydroxylation sites is 1. The van der Waals surface area contributed by atoms with Gasteiger partial charge in [-0.05, 0) is 31.2 Å². The minimum absolute atomic E-state index is 0.135. The van der Waals surface area contributed by atoms with Crippen LogP contribution in [-0.4, -0.2) is 25.4 Å². The molecule has 1 atom stereocenters. The molecule has 130 valence electrons. The number of ether oxygens (including phenoxy) is 1. The van der Waals surface area contributed by atoms with E-state index in [2.05, 4.69) is 10.0 Å². The van der Waals surface area contributed by atoms with Gasteiger partial charge in [0.1, 0.15) is 5.75 Å². The van der Waals surface area contributed by atoms with E-state index < -0.39 is 31.6 Å². The van der Waals surface area contributed by atoms with Gasteiger partial charge >= 0.3 is 0 Å². The molecule has 0 fully saturated rings. The Balaban J connectivity index is 1.94. The maximum absolute atomic E-state index is 12.5. The van der Waals surface area contributed by atoms with E-state index in [0.717, 1.165) is 12.1 Å². The van der Waals surface area contributed by atoms with E-state index in [1.54, 1.807) is 6.92 Å². The van der Waals surface area contributed by atoms with E-state index in [4.69, 9.17) is 4.74 Å². The monoisotopic (exact) mass is 363 g/mol. The van der Waals surface area contributed by atoms with E-state index in [9.17, 15) is 23.3 Å². The maximum atomic E-state index is 12.5. The first-order valence-corrected chi connectivity index (χ1v) is 8.64. The van der Waals surface area contributed by atoms with Crippen molar-refractivity contribution >= 4 is 33.0 Å². The van der Waals surface area contributed by atoms with Crippen LogP contribution in [0.25, 0.3) is 0 Å². The molecule has 0 saturated heterocycles. The number of amides is 1. The molecular formula is C15H13N3O6S. The first-order chi connectivity index (χ1) is 11.8. The molecule has 25 heavy (non-hydrogen) atoms. The molecular weight excluding hydrogens is 350 g/mol. The van der Waals surface area contributed by atoms with Gasteiger partial charge in [-0.25, -0.2) is 8.42 Å². The summed E-state index contributed by atoms with van der Waals surface area (Å²) in [5.74, 6) is 0.0481. The Labute approximate surface area is 142 Å². The lowest BCUT2D eigenvalue weighted by Gasteiger charge is -2.23. The number of benzene rings is 2. The third kappa shape index (κ3) is 3.24. The van der Waals surface area contributed by atoms with Crippen molar-refractivity contribution in [2.75, 3.05) is 10.0 Å². The Morgan fingerprint density at radius 3 is 2.68 bits per heavy atom. The molecule has 1 amide bonds. The summed E-state index contributed by atoms with van der Waals surface area (Å²) in [4.78, 5) is 21.5. The van der Waals surface area contributed by atoms with Crippen LogP contribution in [0.1, 0.15) is 6.92 Å². The molecule has 3 rings (SSSR count). The molecule has 0 unspecified atom stereocenters. The second-order valence-corrected chi connectivity index (χ2v) is 6.94. The largest absolute Gasteiger partial charge is 0.479 e. The predicted molar refractivity (Wildman–Crippen MR) is 89.1 cm³/mol. The molecule has 0 aromatic heterocycles. The molecule has 2 aromatic rings. The predicted octanol–water partition coefficient (Wildman–Crippen LogP) is 2.11. The number of anilines is 2. The highest BCUT2D eigenvalue weighted by Gasteiger charge is 2.27. The zero-order valence-corrected chi connectivity index (χ0v) is 13.7. The summed E-state index contributed by atoms with van der Waals surface area (Å²) >= 11 is 0. The van der Waals surface area contributed by atoms with Crippen LogP contribution in [0.2, 0.25) is 0 Å². The molecule has 0 bridgehead atoms. The minimum atomic E-state index is -4.19. The normalized spacial score (nSPS) is 16.4. The van der Waals surface area contributed by atoms with Gasteiger partial charge in [0.05, 0.1) is 16.3 Å². The van der Waals surface area contributed by atoms with Gasteiger partial charge in [-0.15, -0.1) is 0 Å². The van der Waals surface area contributed by atoms with Crippen molar-refractivity contribution in [3.05, 3.63) is 52.6 Å². The van der Waals surface area contributed by atoms with Crippen LogP contribution in [0.15, 0.2) is 47.4 Å². The van der Waals surface area contributed by atoms with Crippen LogP contribution in [-0.2, 0) is 14.8 Å². The standard InChI is InChI=1S/C15H13N3O6S/c1-9-15(19)16-11-8-10(6-7-13(11)24-9)17-25(22,23)14-5-3-2-4-12(14)18(20)21/h2-9,17H,1H3,(H,16,19)/t9-/m1/s1. The second-order valence-electron chi connectivity index (χ2n) is 5.29. The number of nitrogens with zero attached hydrogens (tertiary/aromatic N) is 1. The van der Waals surface area contributed by atoms with Crippen LogP contribution in [0, 0.1) is 10.1 Å². The molecule has 1 aliphatic heterocycles. The fourth-order valence-corrected chi connectivity index (χ4v) is 3.54. The minimum Gasteiger partial charge on any atom is -0.479 e. The average Bonchev–Trinajstić information content (AvgIpc) is 2.56. The number of carbonyl (C=O) groups excluding carboxylic acids is 1.